The Bertz CT molecular complexity index is 908. The van der Waals surface area contributed by atoms with Crippen molar-refractivity contribution in [3.8, 4) is 22.8 Å². The molecule has 1 aromatic heterocycles. The summed E-state index contributed by atoms with van der Waals surface area (Å²) < 4.78 is 10.6. The number of aromatic nitrogens is 2. The number of hydrogen-bond acceptors (Lipinski definition) is 5. The molecule has 0 fully saturated rings. The number of nitrogens with one attached hydrogen (secondary N) is 2. The monoisotopic (exact) mass is 411 g/mol. The van der Waals surface area contributed by atoms with E-state index in [1.165, 1.54) is 0 Å². The molecule has 2 aromatic carbocycles. The van der Waals surface area contributed by atoms with Gasteiger partial charge in [-0.1, -0.05) is 23.9 Å². The summed E-state index contributed by atoms with van der Waals surface area (Å²) in [6.45, 7) is 3.16. The van der Waals surface area contributed by atoms with Crippen LogP contribution in [0.1, 0.15) is 12.5 Å². The molecule has 0 saturated carbocycles. The highest BCUT2D eigenvalue weighted by Gasteiger charge is 2.06. The molecule has 152 valence electrons. The molecule has 7 heteroatoms. The topological polar surface area (TPSA) is 76.2 Å². The van der Waals surface area contributed by atoms with Crippen molar-refractivity contribution in [3.05, 3.63) is 60.3 Å². The van der Waals surface area contributed by atoms with E-state index in [2.05, 4.69) is 15.3 Å². The summed E-state index contributed by atoms with van der Waals surface area (Å²) in [7, 11) is 1.65. The van der Waals surface area contributed by atoms with Crippen molar-refractivity contribution in [2.45, 2.75) is 18.5 Å². The third kappa shape index (κ3) is 6.29. The lowest BCUT2D eigenvalue weighted by atomic mass is 10.1. The molecule has 0 aliphatic rings. The zero-order valence-corrected chi connectivity index (χ0v) is 17.4. The molecule has 2 N–H and O–H groups in total. The fraction of sp³-hybridized carbons (Fsp3) is 0.273. The van der Waals surface area contributed by atoms with Crippen molar-refractivity contribution in [1.29, 1.82) is 0 Å². The highest BCUT2D eigenvalue weighted by Crippen LogP contribution is 2.23. The minimum absolute atomic E-state index is 0.00752. The van der Waals surface area contributed by atoms with Crippen LogP contribution in [0.2, 0.25) is 0 Å². The third-order valence-electron chi connectivity index (χ3n) is 4.22. The zero-order valence-electron chi connectivity index (χ0n) is 16.6. The summed E-state index contributed by atoms with van der Waals surface area (Å²) in [6, 6.07) is 15.4. The number of carbonyl (C=O) groups is 1. The maximum absolute atomic E-state index is 12.1. The lowest BCUT2D eigenvalue weighted by molar-refractivity contribution is -0.120. The van der Waals surface area contributed by atoms with Crippen LogP contribution in [0.25, 0.3) is 11.3 Å². The summed E-state index contributed by atoms with van der Waals surface area (Å²) in [5.74, 6) is 2.39. The number of hydrogen-bond donors (Lipinski definition) is 2. The molecular formula is C22H25N3O3S. The van der Waals surface area contributed by atoms with Gasteiger partial charge in [-0.25, -0.2) is 4.98 Å². The van der Waals surface area contributed by atoms with Crippen LogP contribution < -0.4 is 14.8 Å². The van der Waals surface area contributed by atoms with E-state index in [4.69, 9.17) is 9.47 Å². The van der Waals surface area contributed by atoms with Gasteiger partial charge in [-0.05, 0) is 54.4 Å². The number of aromatic amines is 1. The Balaban J connectivity index is 1.40. The van der Waals surface area contributed by atoms with Crippen LogP contribution in [0.4, 0.5) is 0 Å². The van der Waals surface area contributed by atoms with Crippen LogP contribution in [0.15, 0.2) is 59.9 Å². The van der Waals surface area contributed by atoms with Crippen LogP contribution >= 0.6 is 11.8 Å². The van der Waals surface area contributed by atoms with Crippen LogP contribution in [-0.2, 0) is 11.2 Å². The number of nitrogens with zero attached hydrogens (tertiary/aromatic N) is 1. The highest BCUT2D eigenvalue weighted by molar-refractivity contribution is 7.99. The number of methoxy groups -OCH3 is 1. The molecule has 1 heterocycles. The van der Waals surface area contributed by atoms with E-state index in [1.807, 2.05) is 61.7 Å². The Morgan fingerprint density at radius 3 is 2.52 bits per heavy atom. The van der Waals surface area contributed by atoms with E-state index < -0.39 is 0 Å². The Morgan fingerprint density at radius 1 is 1.10 bits per heavy atom. The first-order valence-electron chi connectivity index (χ1n) is 9.48. The van der Waals surface area contributed by atoms with Gasteiger partial charge in [0.25, 0.3) is 0 Å². The van der Waals surface area contributed by atoms with Crippen molar-refractivity contribution < 1.29 is 14.3 Å². The SMILES string of the molecule is CCOc1ccc(CC(=O)NCCSc2ncc(-c3ccc(OC)cc3)[nH]2)cc1. The summed E-state index contributed by atoms with van der Waals surface area (Å²) in [4.78, 5) is 19.8. The van der Waals surface area contributed by atoms with Crippen molar-refractivity contribution in [2.24, 2.45) is 0 Å². The number of benzene rings is 2. The van der Waals surface area contributed by atoms with Crippen LogP contribution in [0.5, 0.6) is 11.5 Å². The second-order valence-electron chi connectivity index (χ2n) is 6.28. The predicted octanol–water partition coefficient (Wildman–Crippen LogP) is 3.94. The van der Waals surface area contributed by atoms with Gasteiger partial charge >= 0.3 is 0 Å². The molecule has 0 aliphatic carbocycles. The summed E-state index contributed by atoms with van der Waals surface area (Å²) in [6.07, 6.45) is 2.17. The number of ether oxygens (including phenoxy) is 2. The molecule has 3 rings (SSSR count). The Labute approximate surface area is 175 Å². The Morgan fingerprint density at radius 2 is 1.83 bits per heavy atom. The Hall–Kier alpha value is -2.93. The van der Waals surface area contributed by atoms with Gasteiger partial charge in [0.05, 0.1) is 32.0 Å². The first-order valence-corrected chi connectivity index (χ1v) is 10.5. The van der Waals surface area contributed by atoms with Gasteiger partial charge in [-0.2, -0.15) is 0 Å². The Kier molecular flexibility index (Phi) is 7.58. The van der Waals surface area contributed by atoms with E-state index in [-0.39, 0.29) is 5.91 Å². The largest absolute Gasteiger partial charge is 0.497 e. The molecule has 0 unspecified atom stereocenters. The molecule has 1 amide bonds. The number of rotatable bonds is 10. The molecular weight excluding hydrogens is 386 g/mol. The van der Waals surface area contributed by atoms with Crippen LogP contribution in [-0.4, -0.2) is 41.9 Å². The number of H-pyrrole nitrogens is 1. The molecule has 6 nitrogen and oxygen atoms in total. The van der Waals surface area contributed by atoms with Crippen molar-refractivity contribution in [1.82, 2.24) is 15.3 Å². The van der Waals surface area contributed by atoms with Gasteiger partial charge in [0.15, 0.2) is 5.16 Å². The van der Waals surface area contributed by atoms with E-state index in [9.17, 15) is 4.79 Å². The summed E-state index contributed by atoms with van der Waals surface area (Å²) >= 11 is 1.58. The number of carbonyl (C=O) groups excluding carboxylic acids is 1. The smallest absolute Gasteiger partial charge is 0.224 e. The normalized spacial score (nSPS) is 10.6. The van der Waals surface area contributed by atoms with E-state index in [1.54, 1.807) is 18.9 Å². The van der Waals surface area contributed by atoms with Gasteiger partial charge in [0.2, 0.25) is 5.91 Å². The number of amides is 1. The second-order valence-corrected chi connectivity index (χ2v) is 7.37. The lowest BCUT2D eigenvalue weighted by Gasteiger charge is -2.06. The highest BCUT2D eigenvalue weighted by atomic mass is 32.2. The molecule has 0 aliphatic heterocycles. The van der Waals surface area contributed by atoms with Crippen LogP contribution in [0, 0.1) is 0 Å². The van der Waals surface area contributed by atoms with Gasteiger partial charge in [-0.15, -0.1) is 0 Å². The maximum Gasteiger partial charge on any atom is 0.224 e. The minimum Gasteiger partial charge on any atom is -0.497 e. The number of imidazole rings is 1. The quantitative estimate of drug-likeness (QED) is 0.390. The maximum atomic E-state index is 12.1. The minimum atomic E-state index is 0.00752. The van der Waals surface area contributed by atoms with Gasteiger partial charge in [-0.3, -0.25) is 4.79 Å². The zero-order chi connectivity index (χ0) is 20.5. The summed E-state index contributed by atoms with van der Waals surface area (Å²) in [5.41, 5.74) is 2.97. The van der Waals surface area contributed by atoms with Crippen LogP contribution in [0.3, 0.4) is 0 Å². The average molecular weight is 412 g/mol. The van der Waals surface area contributed by atoms with Gasteiger partial charge in [0, 0.05) is 12.3 Å². The lowest BCUT2D eigenvalue weighted by Crippen LogP contribution is -2.27. The fourth-order valence-electron chi connectivity index (χ4n) is 2.75. The molecule has 0 atom stereocenters. The molecule has 0 spiro atoms. The van der Waals surface area contributed by atoms with E-state index in [0.29, 0.717) is 19.6 Å². The molecule has 0 bridgehead atoms. The fourth-order valence-corrected chi connectivity index (χ4v) is 3.46. The van der Waals surface area contributed by atoms with Crippen molar-refractivity contribution >= 4 is 17.7 Å². The predicted molar refractivity (Wildman–Crippen MR) is 116 cm³/mol. The molecule has 3 aromatic rings. The van der Waals surface area contributed by atoms with E-state index >= 15 is 0 Å². The third-order valence-corrected chi connectivity index (χ3v) is 5.10. The standard InChI is InChI=1S/C22H25N3O3S/c1-3-28-19-8-4-16(5-9-19)14-21(26)23-12-13-29-22-24-15-20(25-22)17-6-10-18(27-2)11-7-17/h4-11,15H,3,12-14H2,1-2H3,(H,23,26)(H,24,25). The molecule has 0 radical (unpaired) electrons. The first-order chi connectivity index (χ1) is 14.2. The van der Waals surface area contributed by atoms with Gasteiger partial charge in [0.1, 0.15) is 11.5 Å². The summed E-state index contributed by atoms with van der Waals surface area (Å²) in [5, 5.41) is 3.78. The molecule has 0 saturated heterocycles. The first kappa shape index (κ1) is 20.8. The van der Waals surface area contributed by atoms with Gasteiger partial charge < -0.3 is 19.8 Å². The second kappa shape index (κ2) is 10.6. The van der Waals surface area contributed by atoms with Crippen molar-refractivity contribution in [3.63, 3.8) is 0 Å². The number of thioether (sulfide) groups is 1. The molecule has 29 heavy (non-hydrogen) atoms. The van der Waals surface area contributed by atoms with Crippen molar-refractivity contribution in [2.75, 3.05) is 26.0 Å². The average Bonchev–Trinajstić information content (AvgIpc) is 3.22. The van der Waals surface area contributed by atoms with E-state index in [0.717, 1.165) is 39.2 Å².